The minimum atomic E-state index is 0. The third-order valence-electron chi connectivity index (χ3n) is 5.53. The maximum Gasteiger partial charge on any atom is 0.191 e. The third kappa shape index (κ3) is 8.90. The standard InChI is InChI=1S/C21H41N7S.HI/c1-6-18-10-7-8-14-27(18)15-13-24-20(22-4)23-12-9-11-19-25-26-21(29-5)28(19)16-17(2)3;/h17-18H,6-16H2,1-5H3,(H2,22,23,24);1H. The second-order valence-electron chi connectivity index (χ2n) is 8.23. The molecule has 2 heterocycles. The Morgan fingerprint density at radius 3 is 2.67 bits per heavy atom. The summed E-state index contributed by atoms with van der Waals surface area (Å²) in [6, 6.07) is 0.759. The number of aliphatic imine (C=N–C) groups is 1. The van der Waals surface area contributed by atoms with Crippen molar-refractivity contribution >= 4 is 41.7 Å². The fourth-order valence-corrected chi connectivity index (χ4v) is 4.53. The molecule has 0 aromatic carbocycles. The van der Waals surface area contributed by atoms with Gasteiger partial charge in [0.1, 0.15) is 5.82 Å². The lowest BCUT2D eigenvalue weighted by Gasteiger charge is -2.35. The van der Waals surface area contributed by atoms with E-state index in [1.807, 2.05) is 7.05 Å². The lowest BCUT2D eigenvalue weighted by molar-refractivity contribution is 0.147. The van der Waals surface area contributed by atoms with Crippen LogP contribution in [-0.4, -0.2) is 71.1 Å². The van der Waals surface area contributed by atoms with Gasteiger partial charge in [0.2, 0.25) is 0 Å². The number of nitrogens with zero attached hydrogens (tertiary/aromatic N) is 5. The molecule has 174 valence electrons. The molecule has 0 radical (unpaired) electrons. The zero-order chi connectivity index (χ0) is 21.1. The van der Waals surface area contributed by atoms with E-state index >= 15 is 0 Å². The molecule has 0 spiro atoms. The van der Waals surface area contributed by atoms with E-state index in [0.717, 1.165) is 62.0 Å². The molecule has 1 fully saturated rings. The molecule has 7 nitrogen and oxygen atoms in total. The molecule has 1 atom stereocenters. The van der Waals surface area contributed by atoms with Gasteiger partial charge in [-0.15, -0.1) is 34.2 Å². The first-order valence-electron chi connectivity index (χ1n) is 11.2. The van der Waals surface area contributed by atoms with Crippen molar-refractivity contribution < 1.29 is 0 Å². The van der Waals surface area contributed by atoms with Crippen molar-refractivity contribution in [1.29, 1.82) is 0 Å². The van der Waals surface area contributed by atoms with E-state index in [4.69, 9.17) is 0 Å². The molecule has 30 heavy (non-hydrogen) atoms. The van der Waals surface area contributed by atoms with Crippen molar-refractivity contribution in [2.24, 2.45) is 10.9 Å². The van der Waals surface area contributed by atoms with Crippen molar-refractivity contribution in [2.75, 3.05) is 39.5 Å². The van der Waals surface area contributed by atoms with Crippen LogP contribution in [0.1, 0.15) is 58.7 Å². The fraction of sp³-hybridized carbons (Fsp3) is 0.857. The molecule has 2 N–H and O–H groups in total. The van der Waals surface area contributed by atoms with Gasteiger partial charge >= 0.3 is 0 Å². The molecule has 1 aliphatic rings. The summed E-state index contributed by atoms with van der Waals surface area (Å²) in [7, 11) is 1.84. The molecule has 1 saturated heterocycles. The average molecular weight is 552 g/mol. The highest BCUT2D eigenvalue weighted by atomic mass is 127. The molecule has 1 aromatic heterocycles. The first-order valence-corrected chi connectivity index (χ1v) is 12.5. The predicted octanol–water partition coefficient (Wildman–Crippen LogP) is 3.64. The van der Waals surface area contributed by atoms with Gasteiger partial charge in [-0.1, -0.05) is 39.0 Å². The number of guanidine groups is 1. The SMILES string of the molecule is CCC1CCCCN1CCNC(=NC)NCCCc1nnc(SC)n1CC(C)C.I. The van der Waals surface area contributed by atoms with Crippen LogP contribution in [0.5, 0.6) is 0 Å². The highest BCUT2D eigenvalue weighted by Crippen LogP contribution is 2.18. The minimum Gasteiger partial charge on any atom is -0.356 e. The van der Waals surface area contributed by atoms with E-state index < -0.39 is 0 Å². The van der Waals surface area contributed by atoms with Crippen LogP contribution >= 0.6 is 35.7 Å². The Balaban J connectivity index is 0.00000450. The van der Waals surface area contributed by atoms with Gasteiger partial charge in [-0.05, 0) is 44.4 Å². The Morgan fingerprint density at radius 2 is 2.00 bits per heavy atom. The molecule has 0 bridgehead atoms. The average Bonchev–Trinajstić information content (AvgIpc) is 3.10. The van der Waals surface area contributed by atoms with Crippen LogP contribution in [0, 0.1) is 5.92 Å². The van der Waals surface area contributed by atoms with Gasteiger partial charge in [-0.2, -0.15) is 0 Å². The summed E-state index contributed by atoms with van der Waals surface area (Å²) >= 11 is 1.67. The quantitative estimate of drug-likeness (QED) is 0.144. The topological polar surface area (TPSA) is 70.4 Å². The second kappa shape index (κ2) is 15.3. The van der Waals surface area contributed by atoms with Crippen molar-refractivity contribution in [3.63, 3.8) is 0 Å². The predicted molar refractivity (Wildman–Crippen MR) is 139 cm³/mol. The molecular weight excluding hydrogens is 509 g/mol. The lowest BCUT2D eigenvalue weighted by atomic mass is 10.0. The summed E-state index contributed by atoms with van der Waals surface area (Å²) < 4.78 is 2.27. The number of hydrogen-bond donors (Lipinski definition) is 2. The third-order valence-corrected chi connectivity index (χ3v) is 6.20. The number of halogens is 1. The number of piperidine rings is 1. The maximum atomic E-state index is 4.41. The highest BCUT2D eigenvalue weighted by molar-refractivity contribution is 14.0. The van der Waals surface area contributed by atoms with E-state index in [2.05, 4.69) is 62.3 Å². The van der Waals surface area contributed by atoms with E-state index in [1.165, 1.54) is 32.2 Å². The molecule has 1 aliphatic heterocycles. The van der Waals surface area contributed by atoms with Crippen molar-refractivity contribution in [2.45, 2.75) is 77.0 Å². The number of thioether (sulfide) groups is 1. The molecule has 0 saturated carbocycles. The minimum absolute atomic E-state index is 0. The summed E-state index contributed by atoms with van der Waals surface area (Å²) in [5.74, 6) is 2.57. The van der Waals surface area contributed by atoms with Crippen LogP contribution in [0.4, 0.5) is 0 Å². The molecule has 2 rings (SSSR count). The fourth-order valence-electron chi connectivity index (χ4n) is 4.01. The Hall–Kier alpha value is -0.550. The molecular formula is C21H42IN7S. The van der Waals surface area contributed by atoms with E-state index in [9.17, 15) is 0 Å². The highest BCUT2D eigenvalue weighted by Gasteiger charge is 2.20. The summed E-state index contributed by atoms with van der Waals surface area (Å²) in [5.41, 5.74) is 0. The van der Waals surface area contributed by atoms with Crippen LogP contribution in [0.2, 0.25) is 0 Å². The van der Waals surface area contributed by atoms with Gasteiger partial charge in [-0.25, -0.2) is 0 Å². The number of hydrogen-bond acceptors (Lipinski definition) is 5. The molecule has 0 aliphatic carbocycles. The van der Waals surface area contributed by atoms with Gasteiger partial charge in [0.05, 0.1) is 0 Å². The van der Waals surface area contributed by atoms with Crippen molar-refractivity contribution in [3.8, 4) is 0 Å². The Kier molecular flexibility index (Phi) is 14.0. The van der Waals surface area contributed by atoms with Crippen LogP contribution in [0.25, 0.3) is 0 Å². The van der Waals surface area contributed by atoms with Crippen molar-refractivity contribution in [3.05, 3.63) is 5.82 Å². The summed E-state index contributed by atoms with van der Waals surface area (Å²) in [6.45, 7) is 11.9. The Labute approximate surface area is 204 Å². The van der Waals surface area contributed by atoms with Gasteiger partial charge in [-0.3, -0.25) is 9.89 Å². The monoisotopic (exact) mass is 551 g/mol. The normalized spacial score (nSPS) is 17.8. The zero-order valence-corrected chi connectivity index (χ0v) is 22.6. The number of likely N-dealkylation sites (tertiary alicyclic amines) is 1. The summed E-state index contributed by atoms with van der Waals surface area (Å²) in [5, 5.41) is 16.7. The van der Waals surface area contributed by atoms with Gasteiger partial charge in [0.25, 0.3) is 0 Å². The molecule has 0 amide bonds. The first-order chi connectivity index (χ1) is 14.1. The van der Waals surface area contributed by atoms with Crippen molar-refractivity contribution in [1.82, 2.24) is 30.3 Å². The largest absolute Gasteiger partial charge is 0.356 e. The van der Waals surface area contributed by atoms with E-state index in [1.54, 1.807) is 11.8 Å². The van der Waals surface area contributed by atoms with Gasteiger partial charge < -0.3 is 15.2 Å². The van der Waals surface area contributed by atoms with E-state index in [0.29, 0.717) is 5.92 Å². The van der Waals surface area contributed by atoms with Crippen LogP contribution in [-0.2, 0) is 13.0 Å². The van der Waals surface area contributed by atoms with Crippen LogP contribution in [0.15, 0.2) is 10.1 Å². The smallest absolute Gasteiger partial charge is 0.191 e. The maximum absolute atomic E-state index is 4.41. The van der Waals surface area contributed by atoms with Gasteiger partial charge in [0.15, 0.2) is 11.1 Å². The summed E-state index contributed by atoms with van der Waals surface area (Å²) in [4.78, 5) is 7.00. The van der Waals surface area contributed by atoms with Crippen LogP contribution in [0.3, 0.4) is 0 Å². The number of rotatable bonds is 11. The molecule has 1 unspecified atom stereocenters. The zero-order valence-electron chi connectivity index (χ0n) is 19.5. The number of nitrogens with one attached hydrogen (secondary N) is 2. The Morgan fingerprint density at radius 1 is 1.23 bits per heavy atom. The second-order valence-corrected chi connectivity index (χ2v) is 9.00. The molecule has 9 heteroatoms. The van der Waals surface area contributed by atoms with E-state index in [-0.39, 0.29) is 24.0 Å². The number of aryl methyl sites for hydroxylation is 1. The first kappa shape index (κ1) is 27.5. The molecule has 1 aromatic rings. The number of aromatic nitrogens is 3. The summed E-state index contributed by atoms with van der Waals surface area (Å²) in [6.07, 6.45) is 9.33. The Bertz CT molecular complexity index is 620. The van der Waals surface area contributed by atoms with Gasteiger partial charge in [0, 0.05) is 45.7 Å². The van der Waals surface area contributed by atoms with Crippen LogP contribution < -0.4 is 10.6 Å². The lowest BCUT2D eigenvalue weighted by Crippen LogP contribution is -2.46.